The van der Waals surface area contributed by atoms with E-state index in [-0.39, 0.29) is 30.0 Å². The van der Waals surface area contributed by atoms with Gasteiger partial charge in [-0.3, -0.25) is 9.59 Å². The zero-order valence-corrected chi connectivity index (χ0v) is 13.8. The van der Waals surface area contributed by atoms with Crippen molar-refractivity contribution >= 4 is 24.2 Å². The molecular formula is C15H24ClN3O3. The van der Waals surface area contributed by atoms with Gasteiger partial charge in [0, 0.05) is 18.6 Å². The molecule has 1 saturated heterocycles. The Morgan fingerprint density at radius 2 is 2.18 bits per heavy atom. The van der Waals surface area contributed by atoms with E-state index < -0.39 is 11.6 Å². The first-order chi connectivity index (χ1) is 9.88. The van der Waals surface area contributed by atoms with Crippen molar-refractivity contribution in [2.75, 3.05) is 13.1 Å². The Kier molecular flexibility index (Phi) is 6.44. The highest BCUT2D eigenvalue weighted by Gasteiger charge is 2.33. The molecule has 0 radical (unpaired) electrons. The molecule has 1 unspecified atom stereocenters. The van der Waals surface area contributed by atoms with Gasteiger partial charge in [-0.15, -0.1) is 12.4 Å². The molecule has 6 nitrogen and oxygen atoms in total. The SMILES string of the molecule is CC(C)(N)CNC(=O)C1CCCCN1C(=O)c1ccco1.Cl. The molecule has 2 amide bonds. The zero-order valence-electron chi connectivity index (χ0n) is 13.0. The summed E-state index contributed by atoms with van der Waals surface area (Å²) in [6.45, 7) is 4.65. The van der Waals surface area contributed by atoms with Crippen LogP contribution in [-0.2, 0) is 4.79 Å². The molecule has 0 aromatic carbocycles. The van der Waals surface area contributed by atoms with Gasteiger partial charge in [0.15, 0.2) is 5.76 Å². The number of nitrogens with two attached hydrogens (primary N) is 1. The van der Waals surface area contributed by atoms with Gasteiger partial charge in [-0.2, -0.15) is 0 Å². The van der Waals surface area contributed by atoms with Crippen LogP contribution < -0.4 is 11.1 Å². The average Bonchev–Trinajstić information content (AvgIpc) is 2.97. The van der Waals surface area contributed by atoms with E-state index in [9.17, 15) is 9.59 Å². The monoisotopic (exact) mass is 329 g/mol. The van der Waals surface area contributed by atoms with Crippen LogP contribution in [0, 0.1) is 0 Å². The first kappa shape index (κ1) is 18.5. The minimum atomic E-state index is -0.472. The molecule has 0 bridgehead atoms. The second kappa shape index (κ2) is 7.65. The van der Waals surface area contributed by atoms with Crippen LogP contribution in [0.5, 0.6) is 0 Å². The smallest absolute Gasteiger partial charge is 0.290 e. The first-order valence-corrected chi connectivity index (χ1v) is 7.29. The van der Waals surface area contributed by atoms with Gasteiger partial charge in [0.05, 0.1) is 6.26 Å². The number of hydrogen-bond donors (Lipinski definition) is 2. The van der Waals surface area contributed by atoms with Crippen LogP contribution in [0.25, 0.3) is 0 Å². The van der Waals surface area contributed by atoms with Crippen molar-refractivity contribution < 1.29 is 14.0 Å². The van der Waals surface area contributed by atoms with Crippen LogP contribution in [0.3, 0.4) is 0 Å². The zero-order chi connectivity index (χ0) is 15.5. The van der Waals surface area contributed by atoms with Gasteiger partial charge in [-0.1, -0.05) is 0 Å². The summed E-state index contributed by atoms with van der Waals surface area (Å²) in [5.74, 6) is -0.103. The Morgan fingerprint density at radius 3 is 2.77 bits per heavy atom. The highest BCUT2D eigenvalue weighted by atomic mass is 35.5. The standard InChI is InChI=1S/C15H23N3O3.ClH/c1-15(2,16)10-17-13(19)11-6-3-4-8-18(11)14(20)12-7-5-9-21-12;/h5,7,9,11H,3-4,6,8,10,16H2,1-2H3,(H,17,19);1H. The Hall–Kier alpha value is -1.53. The predicted octanol–water partition coefficient (Wildman–Crippen LogP) is 1.55. The molecule has 0 spiro atoms. The molecule has 1 atom stereocenters. The number of carbonyl (C=O) groups excluding carboxylic acids is 2. The third-order valence-electron chi connectivity index (χ3n) is 3.52. The number of nitrogens with one attached hydrogen (secondary N) is 1. The summed E-state index contributed by atoms with van der Waals surface area (Å²) >= 11 is 0. The molecular weight excluding hydrogens is 306 g/mol. The maximum atomic E-state index is 12.4. The number of rotatable bonds is 4. The van der Waals surface area contributed by atoms with Gasteiger partial charge >= 0.3 is 0 Å². The van der Waals surface area contributed by atoms with Gasteiger partial charge in [0.25, 0.3) is 5.91 Å². The van der Waals surface area contributed by atoms with Crippen LogP contribution in [0.1, 0.15) is 43.7 Å². The van der Waals surface area contributed by atoms with Crippen molar-refractivity contribution in [1.29, 1.82) is 0 Å². The average molecular weight is 330 g/mol. The van der Waals surface area contributed by atoms with E-state index in [1.54, 1.807) is 17.0 Å². The molecule has 1 fully saturated rings. The molecule has 124 valence electrons. The van der Waals surface area contributed by atoms with Gasteiger partial charge in [0.2, 0.25) is 5.91 Å². The second-order valence-corrected chi connectivity index (χ2v) is 6.19. The number of hydrogen-bond acceptors (Lipinski definition) is 4. The Labute approximate surface area is 136 Å². The molecule has 1 aromatic heterocycles. The van der Waals surface area contributed by atoms with Crippen molar-refractivity contribution in [3.63, 3.8) is 0 Å². The third kappa shape index (κ3) is 4.74. The summed E-state index contributed by atoms with van der Waals surface area (Å²) in [6.07, 6.45) is 3.97. The summed E-state index contributed by atoms with van der Waals surface area (Å²) < 4.78 is 5.15. The topological polar surface area (TPSA) is 88.6 Å². The molecule has 2 rings (SSSR count). The fraction of sp³-hybridized carbons (Fsp3) is 0.600. The van der Waals surface area contributed by atoms with Crippen molar-refractivity contribution in [2.24, 2.45) is 5.73 Å². The van der Waals surface area contributed by atoms with E-state index >= 15 is 0 Å². The molecule has 1 aliphatic rings. The number of likely N-dealkylation sites (tertiary alicyclic amines) is 1. The largest absolute Gasteiger partial charge is 0.459 e. The molecule has 7 heteroatoms. The highest BCUT2D eigenvalue weighted by Crippen LogP contribution is 2.20. The van der Waals surface area contributed by atoms with Crippen LogP contribution in [-0.4, -0.2) is 41.4 Å². The number of nitrogens with zero attached hydrogens (tertiary/aromatic N) is 1. The minimum absolute atomic E-state index is 0. The summed E-state index contributed by atoms with van der Waals surface area (Å²) in [7, 11) is 0. The Morgan fingerprint density at radius 1 is 1.45 bits per heavy atom. The second-order valence-electron chi connectivity index (χ2n) is 6.19. The van der Waals surface area contributed by atoms with Crippen LogP contribution in [0.4, 0.5) is 0 Å². The van der Waals surface area contributed by atoms with E-state index in [1.807, 2.05) is 13.8 Å². The molecule has 3 N–H and O–H groups in total. The fourth-order valence-corrected chi connectivity index (χ4v) is 2.42. The van der Waals surface area contributed by atoms with Crippen LogP contribution >= 0.6 is 12.4 Å². The third-order valence-corrected chi connectivity index (χ3v) is 3.52. The lowest BCUT2D eigenvalue weighted by Gasteiger charge is -2.34. The molecule has 2 heterocycles. The van der Waals surface area contributed by atoms with E-state index in [4.69, 9.17) is 10.2 Å². The maximum Gasteiger partial charge on any atom is 0.290 e. The van der Waals surface area contributed by atoms with E-state index in [2.05, 4.69) is 5.32 Å². The van der Waals surface area contributed by atoms with Crippen molar-refractivity contribution in [3.05, 3.63) is 24.2 Å². The quantitative estimate of drug-likeness (QED) is 0.877. The molecule has 22 heavy (non-hydrogen) atoms. The normalized spacial score (nSPS) is 18.5. The maximum absolute atomic E-state index is 12.4. The molecule has 1 aliphatic heterocycles. The lowest BCUT2D eigenvalue weighted by molar-refractivity contribution is -0.126. The Bertz CT molecular complexity index is 497. The minimum Gasteiger partial charge on any atom is -0.459 e. The predicted molar refractivity (Wildman–Crippen MR) is 85.9 cm³/mol. The van der Waals surface area contributed by atoms with Crippen molar-refractivity contribution in [1.82, 2.24) is 10.2 Å². The first-order valence-electron chi connectivity index (χ1n) is 7.29. The van der Waals surface area contributed by atoms with Gasteiger partial charge in [-0.05, 0) is 45.2 Å². The number of halogens is 1. The van der Waals surface area contributed by atoms with E-state index in [1.165, 1.54) is 6.26 Å². The van der Waals surface area contributed by atoms with Gasteiger partial charge in [-0.25, -0.2) is 0 Å². The summed E-state index contributed by atoms with van der Waals surface area (Å²) in [5.41, 5.74) is 5.40. The van der Waals surface area contributed by atoms with Gasteiger partial charge in [0.1, 0.15) is 6.04 Å². The number of carbonyl (C=O) groups is 2. The van der Waals surface area contributed by atoms with Crippen LogP contribution in [0.2, 0.25) is 0 Å². The van der Waals surface area contributed by atoms with Crippen molar-refractivity contribution in [3.8, 4) is 0 Å². The van der Waals surface area contributed by atoms with E-state index in [0.29, 0.717) is 19.5 Å². The Balaban J connectivity index is 0.00000242. The van der Waals surface area contributed by atoms with E-state index in [0.717, 1.165) is 12.8 Å². The summed E-state index contributed by atoms with van der Waals surface area (Å²) in [5, 5.41) is 2.83. The summed E-state index contributed by atoms with van der Waals surface area (Å²) in [6, 6.07) is 2.84. The van der Waals surface area contributed by atoms with Gasteiger partial charge < -0.3 is 20.4 Å². The van der Waals surface area contributed by atoms with Crippen molar-refractivity contribution in [2.45, 2.75) is 44.7 Å². The lowest BCUT2D eigenvalue weighted by atomic mass is 10.00. The number of piperidine rings is 1. The number of furan rings is 1. The molecule has 1 aromatic rings. The highest BCUT2D eigenvalue weighted by molar-refractivity contribution is 5.95. The molecule has 0 aliphatic carbocycles. The molecule has 0 saturated carbocycles. The lowest BCUT2D eigenvalue weighted by Crippen LogP contribution is -2.54. The van der Waals surface area contributed by atoms with Crippen LogP contribution in [0.15, 0.2) is 22.8 Å². The number of amides is 2. The fourth-order valence-electron chi connectivity index (χ4n) is 2.42. The summed E-state index contributed by atoms with van der Waals surface area (Å²) in [4.78, 5) is 26.3.